The van der Waals surface area contributed by atoms with Gasteiger partial charge in [0.2, 0.25) is 0 Å². The van der Waals surface area contributed by atoms with Crippen molar-refractivity contribution in [3.8, 4) is 17.6 Å². The highest BCUT2D eigenvalue weighted by atomic mass is 16.5. The van der Waals surface area contributed by atoms with Crippen LogP contribution >= 0.6 is 0 Å². The van der Waals surface area contributed by atoms with Crippen LogP contribution in [0.5, 0.6) is 11.5 Å². The first-order chi connectivity index (χ1) is 12.2. The van der Waals surface area contributed by atoms with E-state index in [9.17, 15) is 10.1 Å². The van der Waals surface area contributed by atoms with Gasteiger partial charge in [-0.05, 0) is 55.5 Å². The first kappa shape index (κ1) is 17.9. The number of hydrogen-bond donors (Lipinski definition) is 2. The molecule has 0 radical (unpaired) electrons. The standard InChI is InChI=1S/C19H19N3O3/c1-3-25-18-10-6-16(7-11-18)22-19(23)14(12-20)13-21-15-4-8-17(24-2)9-5-15/h4-11,13,21H,3H2,1-2H3,(H,22,23)/b14-13-. The van der Waals surface area contributed by atoms with Gasteiger partial charge >= 0.3 is 0 Å². The Morgan fingerprint density at radius 1 is 1.08 bits per heavy atom. The van der Waals surface area contributed by atoms with Gasteiger partial charge in [-0.3, -0.25) is 4.79 Å². The molecule has 2 N–H and O–H groups in total. The third-order valence-corrected chi connectivity index (χ3v) is 3.26. The minimum absolute atomic E-state index is 0.0373. The number of carbonyl (C=O) groups is 1. The highest BCUT2D eigenvalue weighted by Gasteiger charge is 2.09. The minimum Gasteiger partial charge on any atom is -0.497 e. The highest BCUT2D eigenvalue weighted by Crippen LogP contribution is 2.17. The van der Waals surface area contributed by atoms with Crippen molar-refractivity contribution in [3.05, 3.63) is 60.3 Å². The quantitative estimate of drug-likeness (QED) is 0.596. The van der Waals surface area contributed by atoms with Gasteiger partial charge in [0.25, 0.3) is 5.91 Å². The lowest BCUT2D eigenvalue weighted by Crippen LogP contribution is -2.14. The Bertz CT molecular complexity index is 775. The van der Waals surface area contributed by atoms with Gasteiger partial charge < -0.3 is 20.1 Å². The van der Waals surface area contributed by atoms with Crippen molar-refractivity contribution in [3.63, 3.8) is 0 Å². The fraction of sp³-hybridized carbons (Fsp3) is 0.158. The molecular weight excluding hydrogens is 318 g/mol. The minimum atomic E-state index is -0.493. The third-order valence-electron chi connectivity index (χ3n) is 3.26. The van der Waals surface area contributed by atoms with Crippen LogP contribution < -0.4 is 20.1 Å². The summed E-state index contributed by atoms with van der Waals surface area (Å²) in [7, 11) is 1.58. The Labute approximate surface area is 146 Å². The number of benzene rings is 2. The van der Waals surface area contributed by atoms with Gasteiger partial charge in [0.1, 0.15) is 23.1 Å². The third kappa shape index (κ3) is 5.29. The summed E-state index contributed by atoms with van der Waals surface area (Å²) >= 11 is 0. The molecule has 6 nitrogen and oxygen atoms in total. The zero-order chi connectivity index (χ0) is 18.1. The first-order valence-corrected chi connectivity index (χ1v) is 7.71. The lowest BCUT2D eigenvalue weighted by Gasteiger charge is -2.07. The van der Waals surface area contributed by atoms with Crippen LogP contribution in [0.1, 0.15) is 6.92 Å². The molecule has 128 valence electrons. The molecule has 0 aliphatic carbocycles. The van der Waals surface area contributed by atoms with Crippen LogP contribution in [0.2, 0.25) is 0 Å². The molecule has 0 atom stereocenters. The molecule has 0 unspecified atom stereocenters. The number of carbonyl (C=O) groups excluding carboxylic acids is 1. The lowest BCUT2D eigenvalue weighted by atomic mass is 10.2. The Morgan fingerprint density at radius 3 is 2.24 bits per heavy atom. The number of methoxy groups -OCH3 is 1. The van der Waals surface area contributed by atoms with Gasteiger partial charge in [-0.25, -0.2) is 0 Å². The molecule has 0 aliphatic rings. The second-order valence-corrected chi connectivity index (χ2v) is 4.95. The number of rotatable bonds is 7. The Balaban J connectivity index is 2.00. The molecule has 0 heterocycles. The van der Waals surface area contributed by atoms with Crippen LogP contribution in [0.4, 0.5) is 11.4 Å². The van der Waals surface area contributed by atoms with Gasteiger partial charge in [-0.1, -0.05) is 0 Å². The maximum atomic E-state index is 12.2. The predicted molar refractivity (Wildman–Crippen MR) is 96.6 cm³/mol. The largest absolute Gasteiger partial charge is 0.497 e. The number of amides is 1. The van der Waals surface area contributed by atoms with Crippen molar-refractivity contribution in [2.75, 3.05) is 24.4 Å². The Hall–Kier alpha value is -3.46. The van der Waals surface area contributed by atoms with Crippen LogP contribution in [0.25, 0.3) is 0 Å². The highest BCUT2D eigenvalue weighted by molar-refractivity contribution is 6.06. The summed E-state index contributed by atoms with van der Waals surface area (Å²) < 4.78 is 10.4. The summed E-state index contributed by atoms with van der Waals surface area (Å²) in [5.41, 5.74) is 1.28. The zero-order valence-corrected chi connectivity index (χ0v) is 14.1. The van der Waals surface area contributed by atoms with Crippen LogP contribution in [0.3, 0.4) is 0 Å². The molecule has 25 heavy (non-hydrogen) atoms. The molecule has 0 bridgehead atoms. The second-order valence-electron chi connectivity index (χ2n) is 4.95. The van der Waals surface area contributed by atoms with E-state index in [4.69, 9.17) is 9.47 Å². The number of nitrogens with zero attached hydrogens (tertiary/aromatic N) is 1. The molecule has 0 fully saturated rings. The van der Waals surface area contributed by atoms with Crippen molar-refractivity contribution >= 4 is 17.3 Å². The summed E-state index contributed by atoms with van der Waals surface area (Å²) in [5, 5.41) is 14.8. The molecule has 6 heteroatoms. The summed E-state index contributed by atoms with van der Waals surface area (Å²) in [6, 6.07) is 16.0. The smallest absolute Gasteiger partial charge is 0.267 e. The van der Waals surface area contributed by atoms with Crippen LogP contribution in [-0.2, 0) is 4.79 Å². The van der Waals surface area contributed by atoms with Crippen molar-refractivity contribution < 1.29 is 14.3 Å². The van der Waals surface area contributed by atoms with E-state index in [0.29, 0.717) is 12.3 Å². The van der Waals surface area contributed by atoms with Crippen LogP contribution in [0, 0.1) is 11.3 Å². The Morgan fingerprint density at radius 2 is 1.68 bits per heavy atom. The van der Waals surface area contributed by atoms with Crippen molar-refractivity contribution in [1.29, 1.82) is 5.26 Å². The molecule has 2 aromatic rings. The predicted octanol–water partition coefficient (Wildman–Crippen LogP) is 3.55. The molecule has 0 aromatic heterocycles. The summed E-state index contributed by atoms with van der Waals surface area (Å²) in [4.78, 5) is 12.2. The van der Waals surface area contributed by atoms with E-state index < -0.39 is 5.91 Å². The van der Waals surface area contributed by atoms with E-state index >= 15 is 0 Å². The average molecular weight is 337 g/mol. The topological polar surface area (TPSA) is 83.4 Å². The molecule has 2 rings (SSSR count). The van der Waals surface area contributed by atoms with Crippen molar-refractivity contribution in [2.24, 2.45) is 0 Å². The molecule has 0 spiro atoms. The fourth-order valence-electron chi connectivity index (χ4n) is 1.99. The van der Waals surface area contributed by atoms with E-state index in [1.165, 1.54) is 6.20 Å². The SMILES string of the molecule is CCOc1ccc(NC(=O)/C(C#N)=C\Nc2ccc(OC)cc2)cc1. The number of hydrogen-bond acceptors (Lipinski definition) is 5. The van der Waals surface area contributed by atoms with Crippen LogP contribution in [0.15, 0.2) is 60.3 Å². The van der Waals surface area contributed by atoms with Gasteiger partial charge in [-0.2, -0.15) is 5.26 Å². The molecule has 0 saturated heterocycles. The van der Waals surface area contributed by atoms with Gasteiger partial charge in [0.15, 0.2) is 0 Å². The maximum absolute atomic E-state index is 12.2. The van der Waals surface area contributed by atoms with Gasteiger partial charge in [-0.15, -0.1) is 0 Å². The number of ether oxygens (including phenoxy) is 2. The van der Waals surface area contributed by atoms with E-state index in [1.54, 1.807) is 55.6 Å². The Kier molecular flexibility index (Phi) is 6.43. The van der Waals surface area contributed by atoms with Gasteiger partial charge in [0, 0.05) is 17.6 Å². The van der Waals surface area contributed by atoms with E-state index in [-0.39, 0.29) is 5.57 Å². The fourth-order valence-corrected chi connectivity index (χ4v) is 1.99. The summed E-state index contributed by atoms with van der Waals surface area (Å²) in [6.07, 6.45) is 1.37. The molecule has 0 saturated carbocycles. The number of nitrogens with one attached hydrogen (secondary N) is 2. The molecule has 1 amide bonds. The van der Waals surface area contributed by atoms with E-state index in [0.717, 1.165) is 17.2 Å². The first-order valence-electron chi connectivity index (χ1n) is 7.71. The van der Waals surface area contributed by atoms with Crippen molar-refractivity contribution in [2.45, 2.75) is 6.92 Å². The molecule has 2 aromatic carbocycles. The molecule has 0 aliphatic heterocycles. The second kappa shape index (κ2) is 8.99. The lowest BCUT2D eigenvalue weighted by molar-refractivity contribution is -0.112. The van der Waals surface area contributed by atoms with Crippen molar-refractivity contribution in [1.82, 2.24) is 0 Å². The van der Waals surface area contributed by atoms with Crippen LogP contribution in [-0.4, -0.2) is 19.6 Å². The normalized spacial score (nSPS) is 10.5. The molecular formula is C19H19N3O3. The summed E-state index contributed by atoms with van der Waals surface area (Å²) in [6.45, 7) is 2.47. The maximum Gasteiger partial charge on any atom is 0.267 e. The van der Waals surface area contributed by atoms with E-state index in [2.05, 4.69) is 10.6 Å². The average Bonchev–Trinajstić information content (AvgIpc) is 2.64. The zero-order valence-electron chi connectivity index (χ0n) is 14.1. The van der Waals surface area contributed by atoms with Gasteiger partial charge in [0.05, 0.1) is 13.7 Å². The number of anilines is 2. The summed E-state index contributed by atoms with van der Waals surface area (Å²) in [5.74, 6) is 0.952. The number of nitriles is 1. The van der Waals surface area contributed by atoms with E-state index in [1.807, 2.05) is 13.0 Å². The monoisotopic (exact) mass is 337 g/mol.